The Morgan fingerprint density at radius 2 is 2.03 bits per heavy atom. The van der Waals surface area contributed by atoms with E-state index in [1.54, 1.807) is 17.0 Å². The molecular weight excluding hydrogens is 397 g/mol. The van der Waals surface area contributed by atoms with E-state index in [-0.39, 0.29) is 29.8 Å². The largest absolute Gasteiger partial charge is 0.396 e. The highest BCUT2D eigenvalue weighted by Gasteiger charge is 2.38. The second-order valence-corrected chi connectivity index (χ2v) is 7.30. The Morgan fingerprint density at radius 1 is 1.27 bits per heavy atom. The summed E-state index contributed by atoms with van der Waals surface area (Å²) in [7, 11) is 0. The van der Waals surface area contributed by atoms with Gasteiger partial charge in [-0.2, -0.15) is 18.4 Å². The number of hydrogen-bond acceptors (Lipinski definition) is 6. The highest BCUT2D eigenvalue weighted by atomic mass is 19.4. The first kappa shape index (κ1) is 21.5. The number of anilines is 1. The molecule has 1 unspecified atom stereocenters. The van der Waals surface area contributed by atoms with Crippen LogP contribution in [0.4, 0.5) is 19.0 Å². The van der Waals surface area contributed by atoms with Gasteiger partial charge in [0.1, 0.15) is 6.07 Å². The van der Waals surface area contributed by atoms with Gasteiger partial charge in [-0.15, -0.1) is 10.2 Å². The monoisotopic (exact) mass is 418 g/mol. The van der Waals surface area contributed by atoms with Crippen LogP contribution in [0.3, 0.4) is 0 Å². The Bertz CT molecular complexity index is 924. The zero-order chi connectivity index (χ0) is 21.9. The summed E-state index contributed by atoms with van der Waals surface area (Å²) >= 11 is 0. The average molecular weight is 418 g/mol. The van der Waals surface area contributed by atoms with Crippen LogP contribution in [0.5, 0.6) is 0 Å². The fraction of sp³-hybridized carbons (Fsp3) is 0.450. The van der Waals surface area contributed by atoms with E-state index < -0.39 is 12.1 Å². The molecule has 2 aromatic heterocycles. The number of alkyl halides is 3. The fourth-order valence-corrected chi connectivity index (χ4v) is 3.31. The van der Waals surface area contributed by atoms with Crippen molar-refractivity contribution in [2.75, 3.05) is 24.5 Å². The maximum atomic E-state index is 12.8. The zero-order valence-electron chi connectivity index (χ0n) is 16.6. The van der Waals surface area contributed by atoms with Gasteiger partial charge in [-0.3, -0.25) is 9.78 Å². The molecular formula is C20H21F3N6O. The van der Waals surface area contributed by atoms with Crippen LogP contribution in [0.25, 0.3) is 0 Å². The molecule has 0 aromatic carbocycles. The number of nitrogens with zero attached hydrogens (tertiary/aromatic N) is 6. The molecule has 0 radical (unpaired) electrons. The molecule has 10 heteroatoms. The third-order valence-electron chi connectivity index (χ3n) is 5.18. The van der Waals surface area contributed by atoms with E-state index in [0.717, 1.165) is 6.92 Å². The summed E-state index contributed by atoms with van der Waals surface area (Å²) in [5.74, 6) is -1.11. The minimum atomic E-state index is -4.35. The molecule has 1 fully saturated rings. The third kappa shape index (κ3) is 4.84. The van der Waals surface area contributed by atoms with E-state index in [4.69, 9.17) is 5.26 Å². The van der Waals surface area contributed by atoms with Gasteiger partial charge in [0.15, 0.2) is 11.5 Å². The molecule has 0 saturated carbocycles. The smallest absolute Gasteiger partial charge is 0.349 e. The Morgan fingerprint density at radius 3 is 2.57 bits per heavy atom. The van der Waals surface area contributed by atoms with Crippen LogP contribution >= 0.6 is 0 Å². The van der Waals surface area contributed by atoms with Gasteiger partial charge in [0, 0.05) is 31.9 Å². The van der Waals surface area contributed by atoms with Crippen LogP contribution < -0.4 is 4.90 Å². The van der Waals surface area contributed by atoms with Crippen molar-refractivity contribution >= 4 is 11.7 Å². The molecule has 1 amide bonds. The van der Waals surface area contributed by atoms with Gasteiger partial charge in [-0.1, -0.05) is 6.07 Å². The number of amides is 1. The number of rotatable bonds is 4. The lowest BCUT2D eigenvalue weighted by atomic mass is 10.1. The van der Waals surface area contributed by atoms with E-state index in [2.05, 4.69) is 15.2 Å². The van der Waals surface area contributed by atoms with E-state index in [9.17, 15) is 18.0 Å². The molecule has 3 heterocycles. The highest BCUT2D eigenvalue weighted by Crippen LogP contribution is 2.33. The number of carbonyl (C=O) groups is 1. The number of hydrogen-bond donors (Lipinski definition) is 0. The molecule has 2 atom stereocenters. The Hall–Kier alpha value is -3.22. The fourth-order valence-electron chi connectivity index (χ4n) is 3.31. The third-order valence-corrected chi connectivity index (χ3v) is 5.18. The molecule has 7 nitrogen and oxygen atoms in total. The molecule has 3 rings (SSSR count). The minimum absolute atomic E-state index is 0.00179. The predicted molar refractivity (Wildman–Crippen MR) is 103 cm³/mol. The van der Waals surface area contributed by atoms with Crippen molar-refractivity contribution in [1.82, 2.24) is 20.1 Å². The quantitative estimate of drug-likeness (QED) is 0.759. The SMILES string of the molecule is CC(c1ccc(CC(=O)N2CCN(c3ccc(C#N)nn3)[C@@H](C)C2)cn1)C(F)(F)F. The molecule has 0 N–H and O–H groups in total. The molecule has 1 aliphatic rings. The van der Waals surface area contributed by atoms with Crippen molar-refractivity contribution in [3.63, 3.8) is 0 Å². The second-order valence-electron chi connectivity index (χ2n) is 7.30. The number of pyridine rings is 1. The highest BCUT2D eigenvalue weighted by molar-refractivity contribution is 5.79. The number of carbonyl (C=O) groups excluding carboxylic acids is 1. The molecule has 2 aromatic rings. The first-order valence-electron chi connectivity index (χ1n) is 9.49. The zero-order valence-corrected chi connectivity index (χ0v) is 16.6. The van der Waals surface area contributed by atoms with Crippen molar-refractivity contribution in [1.29, 1.82) is 5.26 Å². The first-order chi connectivity index (χ1) is 14.2. The van der Waals surface area contributed by atoms with Crippen LogP contribution in [-0.4, -0.2) is 57.8 Å². The molecule has 30 heavy (non-hydrogen) atoms. The van der Waals surface area contributed by atoms with Crippen molar-refractivity contribution in [2.24, 2.45) is 0 Å². The molecule has 1 aliphatic heterocycles. The average Bonchev–Trinajstić information content (AvgIpc) is 2.73. The Kier molecular flexibility index (Phi) is 6.20. The van der Waals surface area contributed by atoms with Crippen LogP contribution in [-0.2, 0) is 11.2 Å². The summed E-state index contributed by atoms with van der Waals surface area (Å²) in [6.45, 7) is 4.56. The number of aromatic nitrogens is 3. The van der Waals surface area contributed by atoms with Gasteiger partial charge in [0.25, 0.3) is 0 Å². The lowest BCUT2D eigenvalue weighted by Gasteiger charge is -2.40. The molecule has 0 aliphatic carbocycles. The van der Waals surface area contributed by atoms with E-state index in [1.165, 1.54) is 18.3 Å². The van der Waals surface area contributed by atoms with Gasteiger partial charge in [-0.25, -0.2) is 0 Å². The van der Waals surface area contributed by atoms with Crippen molar-refractivity contribution in [3.05, 3.63) is 47.4 Å². The van der Waals surface area contributed by atoms with Crippen LogP contribution in [0.15, 0.2) is 30.5 Å². The van der Waals surface area contributed by atoms with Gasteiger partial charge in [0.2, 0.25) is 5.91 Å². The number of halogens is 3. The number of piperazine rings is 1. The molecule has 0 spiro atoms. The molecule has 0 bridgehead atoms. The van der Waals surface area contributed by atoms with Crippen molar-refractivity contribution < 1.29 is 18.0 Å². The summed E-state index contributed by atoms with van der Waals surface area (Å²) in [5, 5.41) is 16.7. The van der Waals surface area contributed by atoms with E-state index in [0.29, 0.717) is 31.0 Å². The summed E-state index contributed by atoms with van der Waals surface area (Å²) in [6.07, 6.45) is -2.93. The van der Waals surface area contributed by atoms with Crippen molar-refractivity contribution in [2.45, 2.75) is 38.4 Å². The summed E-state index contributed by atoms with van der Waals surface area (Å²) in [6, 6.07) is 8.10. The Labute approximate surface area is 172 Å². The molecule has 158 valence electrons. The minimum Gasteiger partial charge on any atom is -0.349 e. The summed E-state index contributed by atoms with van der Waals surface area (Å²) in [5.41, 5.74) is 0.750. The van der Waals surface area contributed by atoms with Crippen LogP contribution in [0.2, 0.25) is 0 Å². The van der Waals surface area contributed by atoms with Gasteiger partial charge < -0.3 is 9.80 Å². The second kappa shape index (κ2) is 8.65. The van der Waals surface area contributed by atoms with Gasteiger partial charge >= 0.3 is 6.18 Å². The Balaban J connectivity index is 1.59. The van der Waals surface area contributed by atoms with Gasteiger partial charge in [0.05, 0.1) is 18.0 Å². The normalized spacial score (nSPS) is 18.1. The van der Waals surface area contributed by atoms with Crippen molar-refractivity contribution in [3.8, 4) is 6.07 Å². The number of nitriles is 1. The standard InChI is InChI=1S/C20H21F3N6O/c1-13-12-28(7-8-29(13)18-6-4-16(10-24)26-27-18)19(30)9-15-3-5-17(25-11-15)14(2)20(21,22)23/h3-6,11,13-14H,7-9,12H2,1-2H3/t13-,14?/m0/s1. The van der Waals surface area contributed by atoms with E-state index in [1.807, 2.05) is 17.9 Å². The van der Waals surface area contributed by atoms with Crippen LogP contribution in [0.1, 0.15) is 36.7 Å². The maximum Gasteiger partial charge on any atom is 0.396 e. The topological polar surface area (TPSA) is 86.0 Å². The maximum absolute atomic E-state index is 12.8. The van der Waals surface area contributed by atoms with Gasteiger partial charge in [-0.05, 0) is 37.6 Å². The van der Waals surface area contributed by atoms with Crippen LogP contribution in [0, 0.1) is 11.3 Å². The van der Waals surface area contributed by atoms with E-state index >= 15 is 0 Å². The summed E-state index contributed by atoms with van der Waals surface area (Å²) in [4.78, 5) is 20.3. The summed E-state index contributed by atoms with van der Waals surface area (Å²) < 4.78 is 38.4. The molecule has 1 saturated heterocycles. The lowest BCUT2D eigenvalue weighted by molar-refractivity contribution is -0.147. The predicted octanol–water partition coefficient (Wildman–Crippen LogP) is 2.69. The lowest BCUT2D eigenvalue weighted by Crippen LogP contribution is -2.54. The first-order valence-corrected chi connectivity index (χ1v) is 9.49.